The Labute approximate surface area is 145 Å². The van der Waals surface area contributed by atoms with Crippen LogP contribution in [0.15, 0.2) is 42.7 Å². The minimum atomic E-state index is -3.68. The van der Waals surface area contributed by atoms with Gasteiger partial charge in [-0.15, -0.1) is 0 Å². The van der Waals surface area contributed by atoms with Gasteiger partial charge < -0.3 is 10.1 Å². The van der Waals surface area contributed by atoms with Crippen LogP contribution in [0.5, 0.6) is 5.75 Å². The molecular weight excluding hydrogens is 354 g/mol. The van der Waals surface area contributed by atoms with Crippen LogP contribution in [-0.4, -0.2) is 33.0 Å². The predicted molar refractivity (Wildman–Crippen MR) is 91.5 cm³/mol. The van der Waals surface area contributed by atoms with Gasteiger partial charge in [0.25, 0.3) is 0 Å². The summed E-state index contributed by atoms with van der Waals surface area (Å²) in [7, 11) is -2.21. The van der Waals surface area contributed by atoms with Gasteiger partial charge in [0.05, 0.1) is 36.3 Å². The highest BCUT2D eigenvalue weighted by Gasteiger charge is 2.14. The van der Waals surface area contributed by atoms with Gasteiger partial charge in [-0.3, -0.25) is 9.78 Å². The molecule has 1 amide bonds. The van der Waals surface area contributed by atoms with Crippen LogP contribution in [0.1, 0.15) is 5.56 Å². The summed E-state index contributed by atoms with van der Waals surface area (Å²) < 4.78 is 31.3. The van der Waals surface area contributed by atoms with E-state index in [2.05, 4.69) is 15.0 Å². The number of hydrogen-bond acceptors (Lipinski definition) is 5. The Morgan fingerprint density at radius 2 is 2.12 bits per heavy atom. The van der Waals surface area contributed by atoms with E-state index in [-0.39, 0.29) is 12.3 Å². The van der Waals surface area contributed by atoms with Crippen molar-refractivity contribution in [3.63, 3.8) is 0 Å². The smallest absolute Gasteiger partial charge is 0.239 e. The number of carbonyl (C=O) groups is 1. The molecule has 0 bridgehead atoms. The van der Waals surface area contributed by atoms with Crippen molar-refractivity contribution in [3.05, 3.63) is 53.3 Å². The van der Waals surface area contributed by atoms with Crippen LogP contribution in [0.3, 0.4) is 0 Å². The van der Waals surface area contributed by atoms with Gasteiger partial charge in [-0.1, -0.05) is 17.7 Å². The molecular formula is C15H16ClN3O4S. The number of pyridine rings is 1. The number of benzene rings is 1. The Bertz CT molecular complexity index is 813. The monoisotopic (exact) mass is 369 g/mol. The zero-order valence-corrected chi connectivity index (χ0v) is 14.4. The highest BCUT2D eigenvalue weighted by atomic mass is 35.5. The quantitative estimate of drug-likeness (QED) is 0.775. The largest absolute Gasteiger partial charge is 0.495 e. The molecule has 0 saturated heterocycles. The number of nitrogens with zero attached hydrogens (tertiary/aromatic N) is 1. The molecule has 1 heterocycles. The molecule has 9 heteroatoms. The molecule has 2 N–H and O–H groups in total. The third-order valence-corrected chi connectivity index (χ3v) is 4.56. The van der Waals surface area contributed by atoms with Crippen LogP contribution < -0.4 is 14.8 Å². The van der Waals surface area contributed by atoms with Crippen LogP contribution in [-0.2, 0) is 20.6 Å². The van der Waals surface area contributed by atoms with Crippen LogP contribution in [0.2, 0.25) is 5.02 Å². The molecule has 0 saturated carbocycles. The van der Waals surface area contributed by atoms with Crippen molar-refractivity contribution >= 4 is 33.2 Å². The molecule has 1 aromatic heterocycles. The summed E-state index contributed by atoms with van der Waals surface area (Å²) >= 11 is 5.97. The Morgan fingerprint density at radius 1 is 1.33 bits per heavy atom. The first-order valence-corrected chi connectivity index (χ1v) is 8.92. The molecule has 0 radical (unpaired) electrons. The minimum Gasteiger partial charge on any atom is -0.495 e. The third-order valence-electron chi connectivity index (χ3n) is 2.97. The number of rotatable bonds is 7. The molecule has 0 unspecified atom stereocenters. The lowest BCUT2D eigenvalue weighted by Gasteiger charge is -2.09. The number of hydrogen-bond donors (Lipinski definition) is 2. The lowest BCUT2D eigenvalue weighted by molar-refractivity contribution is -0.115. The third kappa shape index (κ3) is 5.48. The van der Waals surface area contributed by atoms with Crippen molar-refractivity contribution in [2.45, 2.75) is 5.75 Å². The molecule has 0 spiro atoms. The molecule has 0 aliphatic carbocycles. The second kappa shape index (κ2) is 8.09. The molecule has 0 fully saturated rings. The highest BCUT2D eigenvalue weighted by Crippen LogP contribution is 2.25. The lowest BCUT2D eigenvalue weighted by atomic mass is 10.2. The summed E-state index contributed by atoms with van der Waals surface area (Å²) in [6.45, 7) is -0.374. The van der Waals surface area contributed by atoms with Crippen molar-refractivity contribution in [2.75, 3.05) is 19.0 Å². The first-order chi connectivity index (χ1) is 11.4. The van der Waals surface area contributed by atoms with Gasteiger partial charge in [-0.25, -0.2) is 13.1 Å². The number of ether oxygens (including phenoxy) is 1. The van der Waals surface area contributed by atoms with Crippen LogP contribution >= 0.6 is 11.6 Å². The van der Waals surface area contributed by atoms with Crippen molar-refractivity contribution in [1.29, 1.82) is 0 Å². The van der Waals surface area contributed by atoms with E-state index in [1.807, 2.05) is 0 Å². The van der Waals surface area contributed by atoms with Crippen molar-refractivity contribution in [2.24, 2.45) is 0 Å². The van der Waals surface area contributed by atoms with E-state index in [0.717, 1.165) is 0 Å². The van der Waals surface area contributed by atoms with E-state index in [4.69, 9.17) is 16.3 Å². The van der Waals surface area contributed by atoms with Gasteiger partial charge in [0.2, 0.25) is 15.9 Å². The Balaban J connectivity index is 1.91. The van der Waals surface area contributed by atoms with Crippen molar-refractivity contribution in [1.82, 2.24) is 9.71 Å². The summed E-state index contributed by atoms with van der Waals surface area (Å²) in [4.78, 5) is 15.6. The van der Waals surface area contributed by atoms with E-state index in [1.54, 1.807) is 30.5 Å². The topological polar surface area (TPSA) is 97.4 Å². The molecule has 1 aromatic carbocycles. The fourth-order valence-electron chi connectivity index (χ4n) is 1.89. The van der Waals surface area contributed by atoms with Gasteiger partial charge in [0, 0.05) is 6.20 Å². The number of sulfonamides is 1. The van der Waals surface area contributed by atoms with Crippen molar-refractivity contribution in [3.8, 4) is 5.75 Å². The summed E-state index contributed by atoms with van der Waals surface area (Å²) in [6, 6.07) is 8.00. The molecule has 24 heavy (non-hydrogen) atoms. The van der Waals surface area contributed by atoms with E-state index in [9.17, 15) is 13.2 Å². The van der Waals surface area contributed by atoms with Crippen LogP contribution in [0.25, 0.3) is 0 Å². The fraction of sp³-hybridized carbons (Fsp3) is 0.200. The lowest BCUT2D eigenvalue weighted by Crippen LogP contribution is -2.33. The number of anilines is 1. The zero-order chi connectivity index (χ0) is 17.6. The molecule has 7 nitrogen and oxygen atoms in total. The maximum atomic E-state index is 12.0. The van der Waals surface area contributed by atoms with E-state index < -0.39 is 15.9 Å². The van der Waals surface area contributed by atoms with Crippen LogP contribution in [0.4, 0.5) is 5.69 Å². The molecule has 2 rings (SSSR count). The van der Waals surface area contributed by atoms with Gasteiger partial charge in [-0.05, 0) is 29.8 Å². The van der Waals surface area contributed by atoms with Gasteiger partial charge in [0.15, 0.2) is 0 Å². The normalized spacial score (nSPS) is 11.1. The van der Waals surface area contributed by atoms with Gasteiger partial charge >= 0.3 is 0 Å². The van der Waals surface area contributed by atoms with E-state index >= 15 is 0 Å². The number of halogens is 1. The molecule has 0 atom stereocenters. The maximum Gasteiger partial charge on any atom is 0.239 e. The van der Waals surface area contributed by atoms with E-state index in [0.29, 0.717) is 22.0 Å². The highest BCUT2D eigenvalue weighted by molar-refractivity contribution is 7.88. The predicted octanol–water partition coefficient (Wildman–Crippen LogP) is 1.80. The Hall–Kier alpha value is -2.16. The van der Waals surface area contributed by atoms with Gasteiger partial charge in [0.1, 0.15) is 5.75 Å². The Morgan fingerprint density at radius 3 is 2.75 bits per heavy atom. The fourth-order valence-corrected chi connectivity index (χ4v) is 3.24. The number of methoxy groups -OCH3 is 1. The molecule has 0 aliphatic rings. The molecule has 0 aliphatic heterocycles. The number of aromatic nitrogens is 1. The molecule has 128 valence electrons. The molecule has 2 aromatic rings. The number of carbonyl (C=O) groups excluding carboxylic acids is 1. The maximum absolute atomic E-state index is 12.0. The van der Waals surface area contributed by atoms with Crippen molar-refractivity contribution < 1.29 is 17.9 Å². The second-order valence-corrected chi connectivity index (χ2v) is 7.05. The average Bonchev–Trinajstić information content (AvgIpc) is 2.54. The van der Waals surface area contributed by atoms with E-state index in [1.165, 1.54) is 19.4 Å². The standard InChI is InChI=1S/C15H16ClN3O4S/c1-23-14-5-4-11(7-13(14)16)10-24(21,22)18-9-15(20)19-12-3-2-6-17-8-12/h2-8,18H,9-10H2,1H3,(H,19,20). The zero-order valence-electron chi connectivity index (χ0n) is 12.8. The minimum absolute atomic E-state index is 0.295. The first-order valence-electron chi connectivity index (χ1n) is 6.89. The van der Waals surface area contributed by atoms with Crippen LogP contribution in [0, 0.1) is 0 Å². The summed E-state index contributed by atoms with van der Waals surface area (Å²) in [5.74, 6) is -0.322. The second-order valence-electron chi connectivity index (χ2n) is 4.84. The summed E-state index contributed by atoms with van der Waals surface area (Å²) in [5, 5.41) is 2.86. The number of amides is 1. The summed E-state index contributed by atoms with van der Waals surface area (Å²) in [6.07, 6.45) is 3.03. The number of nitrogens with one attached hydrogen (secondary N) is 2. The van der Waals surface area contributed by atoms with Gasteiger partial charge in [-0.2, -0.15) is 0 Å². The average molecular weight is 370 g/mol. The SMILES string of the molecule is COc1ccc(CS(=O)(=O)NCC(=O)Nc2cccnc2)cc1Cl. The Kier molecular flexibility index (Phi) is 6.13. The first kappa shape index (κ1) is 18.2. The summed E-state index contributed by atoms with van der Waals surface area (Å²) in [5.41, 5.74) is 0.976.